The van der Waals surface area contributed by atoms with Crippen molar-refractivity contribution in [1.29, 1.82) is 0 Å². The molecule has 21 heavy (non-hydrogen) atoms. The summed E-state index contributed by atoms with van der Waals surface area (Å²) in [5.41, 5.74) is 2.23. The summed E-state index contributed by atoms with van der Waals surface area (Å²) in [5.74, 6) is -1.04. The standard InChI is InChI=1S/C16H12N2O3/c19-14(9-11-4-6-12(7-5-11)16(20)21)13-10-17-15-3-1-2-8-18(13)15/h1-8,10H,9H2,(H,20,21). The molecule has 2 aromatic heterocycles. The number of aromatic carboxylic acids is 1. The molecule has 0 aliphatic heterocycles. The van der Waals surface area contributed by atoms with Crippen LogP contribution in [0.4, 0.5) is 0 Å². The third-order valence-electron chi connectivity index (χ3n) is 3.27. The van der Waals surface area contributed by atoms with E-state index < -0.39 is 5.97 Å². The first-order valence-corrected chi connectivity index (χ1v) is 6.42. The molecule has 3 rings (SSSR count). The molecule has 0 aliphatic rings. The summed E-state index contributed by atoms with van der Waals surface area (Å²) in [6, 6.07) is 11.8. The number of imidazole rings is 1. The van der Waals surface area contributed by atoms with Gasteiger partial charge in [-0.2, -0.15) is 0 Å². The Morgan fingerprint density at radius 1 is 1.10 bits per heavy atom. The van der Waals surface area contributed by atoms with Gasteiger partial charge in [-0.25, -0.2) is 9.78 Å². The summed E-state index contributed by atoms with van der Waals surface area (Å²) < 4.78 is 1.74. The number of carbonyl (C=O) groups excluding carboxylic acids is 1. The summed E-state index contributed by atoms with van der Waals surface area (Å²) in [6.07, 6.45) is 3.56. The molecule has 0 radical (unpaired) electrons. The molecule has 0 bridgehead atoms. The van der Waals surface area contributed by atoms with Crippen molar-refractivity contribution in [3.8, 4) is 0 Å². The summed E-state index contributed by atoms with van der Waals surface area (Å²) in [7, 11) is 0. The average Bonchev–Trinajstić information content (AvgIpc) is 2.92. The molecular formula is C16H12N2O3. The van der Waals surface area contributed by atoms with Gasteiger partial charge in [-0.05, 0) is 29.8 Å². The third-order valence-corrected chi connectivity index (χ3v) is 3.27. The zero-order valence-electron chi connectivity index (χ0n) is 11.1. The second-order valence-corrected chi connectivity index (χ2v) is 4.67. The first-order chi connectivity index (χ1) is 10.1. The summed E-state index contributed by atoms with van der Waals surface area (Å²) in [6.45, 7) is 0. The largest absolute Gasteiger partial charge is 0.478 e. The number of hydrogen-bond donors (Lipinski definition) is 1. The van der Waals surface area contributed by atoms with Crippen LogP contribution < -0.4 is 0 Å². The van der Waals surface area contributed by atoms with Crippen LogP contribution in [0.1, 0.15) is 26.4 Å². The summed E-state index contributed by atoms with van der Waals surface area (Å²) >= 11 is 0. The summed E-state index contributed by atoms with van der Waals surface area (Å²) in [4.78, 5) is 27.3. The molecule has 0 atom stereocenters. The Morgan fingerprint density at radius 3 is 2.57 bits per heavy atom. The van der Waals surface area contributed by atoms with Gasteiger partial charge in [0.2, 0.25) is 0 Å². The van der Waals surface area contributed by atoms with Gasteiger partial charge in [0.05, 0.1) is 11.8 Å². The number of fused-ring (bicyclic) bond motifs is 1. The lowest BCUT2D eigenvalue weighted by Crippen LogP contribution is -2.07. The Morgan fingerprint density at radius 2 is 1.86 bits per heavy atom. The molecule has 0 spiro atoms. The van der Waals surface area contributed by atoms with Gasteiger partial charge in [-0.3, -0.25) is 9.20 Å². The number of nitrogens with zero attached hydrogens (tertiary/aromatic N) is 2. The molecule has 1 N–H and O–H groups in total. The molecule has 2 heterocycles. The maximum atomic E-state index is 12.3. The van der Waals surface area contributed by atoms with Gasteiger partial charge in [0, 0.05) is 12.6 Å². The number of ketones is 1. The van der Waals surface area contributed by atoms with E-state index in [0.717, 1.165) is 11.2 Å². The van der Waals surface area contributed by atoms with Gasteiger partial charge < -0.3 is 5.11 Å². The number of carbonyl (C=O) groups is 2. The van der Waals surface area contributed by atoms with E-state index in [1.54, 1.807) is 28.9 Å². The van der Waals surface area contributed by atoms with E-state index in [9.17, 15) is 9.59 Å². The second kappa shape index (κ2) is 5.20. The van der Waals surface area contributed by atoms with Crippen LogP contribution in [0, 0.1) is 0 Å². The number of Topliss-reactive ketones (excluding diaryl/α,β-unsaturated/α-hetero) is 1. The van der Waals surface area contributed by atoms with Gasteiger partial charge >= 0.3 is 5.97 Å². The molecular weight excluding hydrogens is 268 g/mol. The molecule has 5 nitrogen and oxygen atoms in total. The lowest BCUT2D eigenvalue weighted by molar-refractivity contribution is 0.0696. The van der Waals surface area contributed by atoms with Crippen LogP contribution in [0.15, 0.2) is 54.9 Å². The molecule has 1 aromatic carbocycles. The average molecular weight is 280 g/mol. The molecule has 0 fully saturated rings. The number of aromatic nitrogens is 2. The SMILES string of the molecule is O=C(O)c1ccc(CC(=O)c2cnc3ccccn23)cc1. The Balaban J connectivity index is 1.84. The van der Waals surface area contributed by atoms with Crippen molar-refractivity contribution in [2.45, 2.75) is 6.42 Å². The summed E-state index contributed by atoms with van der Waals surface area (Å²) in [5, 5.41) is 8.85. The van der Waals surface area contributed by atoms with Crippen LogP contribution in [-0.4, -0.2) is 26.2 Å². The quantitative estimate of drug-likeness (QED) is 0.745. The van der Waals surface area contributed by atoms with Crippen LogP contribution in [0.5, 0.6) is 0 Å². The van der Waals surface area contributed by atoms with Crippen molar-refractivity contribution in [1.82, 2.24) is 9.38 Å². The third kappa shape index (κ3) is 2.53. The molecule has 3 aromatic rings. The molecule has 104 valence electrons. The van der Waals surface area contributed by atoms with Gasteiger partial charge in [-0.15, -0.1) is 0 Å². The van der Waals surface area contributed by atoms with Crippen molar-refractivity contribution in [3.05, 3.63) is 71.7 Å². The molecule has 0 saturated carbocycles. The van der Waals surface area contributed by atoms with E-state index in [0.29, 0.717) is 5.69 Å². The molecule has 0 aliphatic carbocycles. The number of hydrogen-bond acceptors (Lipinski definition) is 3. The zero-order valence-corrected chi connectivity index (χ0v) is 11.1. The highest BCUT2D eigenvalue weighted by molar-refractivity contribution is 5.96. The molecule has 0 amide bonds. The minimum Gasteiger partial charge on any atom is -0.478 e. The monoisotopic (exact) mass is 280 g/mol. The topological polar surface area (TPSA) is 71.7 Å². The van der Waals surface area contributed by atoms with E-state index in [1.807, 2.05) is 18.2 Å². The number of carboxylic acids is 1. The predicted octanol–water partition coefficient (Wildman–Crippen LogP) is 2.46. The Bertz CT molecular complexity index is 819. The fourth-order valence-corrected chi connectivity index (χ4v) is 2.18. The highest BCUT2D eigenvalue weighted by Crippen LogP contribution is 2.11. The van der Waals surface area contributed by atoms with Crippen LogP contribution in [-0.2, 0) is 6.42 Å². The zero-order chi connectivity index (χ0) is 14.8. The first kappa shape index (κ1) is 13.1. The van der Waals surface area contributed by atoms with Crippen LogP contribution in [0.3, 0.4) is 0 Å². The fourth-order valence-electron chi connectivity index (χ4n) is 2.18. The normalized spacial score (nSPS) is 10.7. The van der Waals surface area contributed by atoms with Gasteiger partial charge in [0.1, 0.15) is 11.3 Å². The van der Waals surface area contributed by atoms with Crippen molar-refractivity contribution < 1.29 is 14.7 Å². The van der Waals surface area contributed by atoms with E-state index >= 15 is 0 Å². The maximum Gasteiger partial charge on any atom is 0.335 e. The second-order valence-electron chi connectivity index (χ2n) is 4.67. The van der Waals surface area contributed by atoms with Crippen LogP contribution in [0.25, 0.3) is 5.65 Å². The molecule has 5 heteroatoms. The lowest BCUT2D eigenvalue weighted by atomic mass is 10.1. The van der Waals surface area contributed by atoms with E-state index in [-0.39, 0.29) is 17.8 Å². The lowest BCUT2D eigenvalue weighted by Gasteiger charge is -2.02. The number of benzene rings is 1. The van der Waals surface area contributed by atoms with E-state index in [4.69, 9.17) is 5.11 Å². The van der Waals surface area contributed by atoms with Crippen molar-refractivity contribution in [2.24, 2.45) is 0 Å². The van der Waals surface area contributed by atoms with Crippen molar-refractivity contribution in [2.75, 3.05) is 0 Å². The van der Waals surface area contributed by atoms with Crippen molar-refractivity contribution >= 4 is 17.4 Å². The predicted molar refractivity (Wildman–Crippen MR) is 76.6 cm³/mol. The highest BCUT2D eigenvalue weighted by atomic mass is 16.4. The number of rotatable bonds is 4. The molecule has 0 unspecified atom stereocenters. The minimum atomic E-state index is -0.977. The maximum absolute atomic E-state index is 12.3. The fraction of sp³-hybridized carbons (Fsp3) is 0.0625. The van der Waals surface area contributed by atoms with Gasteiger partial charge in [-0.1, -0.05) is 18.2 Å². The van der Waals surface area contributed by atoms with Gasteiger partial charge in [0.25, 0.3) is 0 Å². The number of pyridine rings is 1. The van der Waals surface area contributed by atoms with Crippen LogP contribution >= 0.6 is 0 Å². The Hall–Kier alpha value is -2.95. The van der Waals surface area contributed by atoms with Crippen LogP contribution in [0.2, 0.25) is 0 Å². The van der Waals surface area contributed by atoms with Crippen molar-refractivity contribution in [3.63, 3.8) is 0 Å². The van der Waals surface area contributed by atoms with E-state index in [1.165, 1.54) is 12.1 Å². The van der Waals surface area contributed by atoms with Gasteiger partial charge in [0.15, 0.2) is 5.78 Å². The minimum absolute atomic E-state index is 0.0585. The number of carboxylic acid groups (broad SMARTS) is 1. The smallest absolute Gasteiger partial charge is 0.335 e. The Labute approximate surface area is 120 Å². The van der Waals surface area contributed by atoms with E-state index in [2.05, 4.69) is 4.98 Å². The highest BCUT2D eigenvalue weighted by Gasteiger charge is 2.12. The first-order valence-electron chi connectivity index (χ1n) is 6.42. The molecule has 0 saturated heterocycles. The Kier molecular flexibility index (Phi) is 3.23.